The molecule has 1 aliphatic heterocycles. The zero-order valence-electron chi connectivity index (χ0n) is 29.8. The number of allylic oxidation sites excluding steroid dienone is 2. The van der Waals surface area contributed by atoms with Crippen molar-refractivity contribution < 1.29 is 4.74 Å². The molecule has 2 heterocycles. The zero-order valence-corrected chi connectivity index (χ0v) is 29.8. The van der Waals surface area contributed by atoms with Crippen LogP contribution >= 0.6 is 0 Å². The molecule has 0 N–H and O–H groups in total. The Labute approximate surface area is 318 Å². The van der Waals surface area contributed by atoms with Gasteiger partial charge in [0, 0.05) is 22.3 Å². The van der Waals surface area contributed by atoms with Crippen LogP contribution in [0.1, 0.15) is 17.3 Å². The van der Waals surface area contributed by atoms with E-state index in [0.717, 1.165) is 44.5 Å². The third-order valence-electron chi connectivity index (χ3n) is 11.1. The molecule has 0 saturated heterocycles. The Bertz CT molecular complexity index is 3020. The SMILES string of the molecule is C1=CC2Oc3cccc(-c4cccc5ccccc45)c3C2C(c2nc(-c3ccc(-c4cccc5ccccc45)cc3)nc(-c3ccc4ccccc4c3)n2)=C1. The van der Waals surface area contributed by atoms with E-state index in [1.54, 1.807) is 0 Å². The summed E-state index contributed by atoms with van der Waals surface area (Å²) in [5, 5.41) is 7.19. The van der Waals surface area contributed by atoms with Gasteiger partial charge < -0.3 is 4.74 Å². The van der Waals surface area contributed by atoms with Gasteiger partial charge in [0.05, 0.1) is 5.92 Å². The summed E-state index contributed by atoms with van der Waals surface area (Å²) in [6.07, 6.45) is 6.21. The molecule has 55 heavy (non-hydrogen) atoms. The van der Waals surface area contributed by atoms with Gasteiger partial charge >= 0.3 is 0 Å². The number of rotatable bonds is 5. The maximum atomic E-state index is 6.70. The third-order valence-corrected chi connectivity index (χ3v) is 11.1. The standard InChI is InChI=1S/C51H33N3O/c1-2-14-37-31-38(30-25-32(37)11-1)50-52-49(36-28-26-35(27-29-36)40-19-7-15-33-12-3-5-17-39(33)40)53-51(54-50)44-22-10-24-46-48(44)47-43(21-9-23-45(47)55-46)42-20-8-16-34-13-4-6-18-41(34)42/h1-31,46,48H. The van der Waals surface area contributed by atoms with Crippen LogP contribution in [0.3, 0.4) is 0 Å². The van der Waals surface area contributed by atoms with Crippen LogP contribution in [0.25, 0.3) is 82.9 Å². The zero-order chi connectivity index (χ0) is 36.3. The maximum Gasteiger partial charge on any atom is 0.164 e. The highest BCUT2D eigenvalue weighted by atomic mass is 16.5. The largest absolute Gasteiger partial charge is 0.485 e. The molecule has 1 aromatic heterocycles. The molecule has 9 aromatic rings. The van der Waals surface area contributed by atoms with E-state index in [1.807, 2.05) is 0 Å². The first-order valence-corrected chi connectivity index (χ1v) is 18.8. The third kappa shape index (κ3) is 5.33. The van der Waals surface area contributed by atoms with Crippen molar-refractivity contribution in [3.05, 3.63) is 199 Å². The van der Waals surface area contributed by atoms with Crippen LogP contribution in [0.5, 0.6) is 5.75 Å². The predicted octanol–water partition coefficient (Wildman–Crippen LogP) is 12.5. The van der Waals surface area contributed by atoms with Crippen molar-refractivity contribution in [2.45, 2.75) is 12.0 Å². The lowest BCUT2D eigenvalue weighted by molar-refractivity contribution is 0.271. The maximum absolute atomic E-state index is 6.70. The molecule has 2 atom stereocenters. The molecule has 4 heteroatoms. The molecular formula is C51H33N3O. The number of benzene rings is 8. The Morgan fingerprint density at radius 2 is 0.982 bits per heavy atom. The summed E-state index contributed by atoms with van der Waals surface area (Å²) in [6, 6.07) is 59.9. The van der Waals surface area contributed by atoms with E-state index in [2.05, 4.69) is 188 Å². The predicted molar refractivity (Wildman–Crippen MR) is 225 cm³/mol. The van der Waals surface area contributed by atoms with Crippen molar-refractivity contribution in [2.75, 3.05) is 0 Å². The van der Waals surface area contributed by atoms with E-state index >= 15 is 0 Å². The number of nitrogens with zero attached hydrogens (tertiary/aromatic N) is 3. The molecule has 2 unspecified atom stereocenters. The summed E-state index contributed by atoms with van der Waals surface area (Å²) in [4.78, 5) is 15.7. The van der Waals surface area contributed by atoms with Gasteiger partial charge in [-0.3, -0.25) is 0 Å². The van der Waals surface area contributed by atoms with Crippen LogP contribution in [0.4, 0.5) is 0 Å². The Kier molecular flexibility index (Phi) is 7.27. The minimum absolute atomic E-state index is 0.108. The molecule has 0 bridgehead atoms. The van der Waals surface area contributed by atoms with E-state index in [-0.39, 0.29) is 12.0 Å². The molecule has 0 radical (unpaired) electrons. The van der Waals surface area contributed by atoms with E-state index in [1.165, 1.54) is 38.1 Å². The second kappa shape index (κ2) is 12.8. The summed E-state index contributed by atoms with van der Waals surface area (Å²) >= 11 is 0. The smallest absolute Gasteiger partial charge is 0.164 e. The normalized spacial score (nSPS) is 15.8. The lowest BCUT2D eigenvalue weighted by atomic mass is 9.80. The summed E-state index contributed by atoms with van der Waals surface area (Å²) < 4.78 is 6.70. The molecule has 0 saturated carbocycles. The molecule has 0 fully saturated rings. The van der Waals surface area contributed by atoms with Crippen molar-refractivity contribution in [3.8, 4) is 50.8 Å². The molecular weight excluding hydrogens is 671 g/mol. The number of aromatic nitrogens is 3. The summed E-state index contributed by atoms with van der Waals surface area (Å²) in [6.45, 7) is 0. The van der Waals surface area contributed by atoms with Gasteiger partial charge in [-0.1, -0.05) is 170 Å². The van der Waals surface area contributed by atoms with Gasteiger partial charge in [-0.05, 0) is 72.8 Å². The van der Waals surface area contributed by atoms with Crippen molar-refractivity contribution in [3.63, 3.8) is 0 Å². The van der Waals surface area contributed by atoms with Gasteiger partial charge in [0.15, 0.2) is 17.5 Å². The Balaban J connectivity index is 1.07. The van der Waals surface area contributed by atoms with E-state index in [0.29, 0.717) is 17.5 Å². The first-order valence-electron chi connectivity index (χ1n) is 18.8. The average molecular weight is 704 g/mol. The van der Waals surface area contributed by atoms with Crippen molar-refractivity contribution in [1.82, 2.24) is 15.0 Å². The Hall–Kier alpha value is -7.17. The van der Waals surface area contributed by atoms with Crippen LogP contribution in [0.2, 0.25) is 0 Å². The summed E-state index contributed by atoms with van der Waals surface area (Å²) in [7, 11) is 0. The van der Waals surface area contributed by atoms with Crippen molar-refractivity contribution in [2.24, 2.45) is 0 Å². The van der Waals surface area contributed by atoms with Gasteiger partial charge in [0.2, 0.25) is 0 Å². The Morgan fingerprint density at radius 1 is 0.418 bits per heavy atom. The van der Waals surface area contributed by atoms with Gasteiger partial charge in [0.25, 0.3) is 0 Å². The molecule has 0 amide bonds. The summed E-state index contributed by atoms with van der Waals surface area (Å²) in [5.74, 6) is 2.70. The average Bonchev–Trinajstić information content (AvgIpc) is 3.65. The minimum atomic E-state index is -0.185. The van der Waals surface area contributed by atoms with Gasteiger partial charge in [-0.2, -0.15) is 0 Å². The van der Waals surface area contributed by atoms with Gasteiger partial charge in [-0.15, -0.1) is 0 Å². The van der Waals surface area contributed by atoms with E-state index in [9.17, 15) is 0 Å². The van der Waals surface area contributed by atoms with E-state index < -0.39 is 0 Å². The van der Waals surface area contributed by atoms with Crippen LogP contribution in [0, 0.1) is 0 Å². The monoisotopic (exact) mass is 703 g/mol. The number of hydrogen-bond acceptors (Lipinski definition) is 4. The molecule has 2 aliphatic rings. The molecule has 4 nitrogen and oxygen atoms in total. The highest BCUT2D eigenvalue weighted by molar-refractivity contribution is 5.99. The van der Waals surface area contributed by atoms with Crippen LogP contribution in [-0.2, 0) is 0 Å². The van der Waals surface area contributed by atoms with Gasteiger partial charge in [-0.25, -0.2) is 15.0 Å². The van der Waals surface area contributed by atoms with Crippen molar-refractivity contribution >= 4 is 37.9 Å². The second-order valence-corrected chi connectivity index (χ2v) is 14.3. The van der Waals surface area contributed by atoms with Crippen molar-refractivity contribution in [1.29, 1.82) is 0 Å². The fourth-order valence-electron chi connectivity index (χ4n) is 8.48. The summed E-state index contributed by atoms with van der Waals surface area (Å²) in [5.41, 5.74) is 8.74. The Morgan fingerprint density at radius 3 is 1.76 bits per heavy atom. The molecule has 11 rings (SSSR count). The van der Waals surface area contributed by atoms with Gasteiger partial charge in [0.1, 0.15) is 11.9 Å². The first kappa shape index (κ1) is 31.4. The molecule has 8 aromatic carbocycles. The second-order valence-electron chi connectivity index (χ2n) is 14.3. The highest BCUT2D eigenvalue weighted by Gasteiger charge is 2.40. The highest BCUT2D eigenvalue weighted by Crippen LogP contribution is 2.52. The minimum Gasteiger partial charge on any atom is -0.485 e. The van der Waals surface area contributed by atoms with Crippen LogP contribution in [-0.4, -0.2) is 21.1 Å². The van der Waals surface area contributed by atoms with Crippen LogP contribution < -0.4 is 4.74 Å². The number of fused-ring (bicyclic) bond motifs is 6. The quantitative estimate of drug-likeness (QED) is 0.179. The molecule has 0 spiro atoms. The lowest BCUT2D eigenvalue weighted by Gasteiger charge is -2.23. The van der Waals surface area contributed by atoms with E-state index in [4.69, 9.17) is 19.7 Å². The molecule has 1 aliphatic carbocycles. The first-order chi connectivity index (χ1) is 27.2. The fourth-order valence-corrected chi connectivity index (χ4v) is 8.48. The molecule has 258 valence electrons. The number of ether oxygens (including phenoxy) is 1. The van der Waals surface area contributed by atoms with Crippen LogP contribution in [0.15, 0.2) is 188 Å². The number of hydrogen-bond donors (Lipinski definition) is 0. The topological polar surface area (TPSA) is 47.9 Å². The lowest BCUT2D eigenvalue weighted by Crippen LogP contribution is -2.21. The fraction of sp³-hybridized carbons (Fsp3) is 0.0392.